The Hall–Kier alpha value is -1.24. The van der Waals surface area contributed by atoms with Crippen LogP contribution in [0.4, 0.5) is 0 Å². The summed E-state index contributed by atoms with van der Waals surface area (Å²) in [5, 5.41) is 41.2. The molecule has 0 fully saturated rings. The van der Waals surface area contributed by atoms with Gasteiger partial charge in [-0.25, -0.2) is 0 Å². The summed E-state index contributed by atoms with van der Waals surface area (Å²) in [5.74, 6) is -3.60. The topological polar surface area (TPSA) is 161 Å². The number of carboxylic acids is 4. The summed E-state index contributed by atoms with van der Waals surface area (Å²) in [6.07, 6.45) is 133. The van der Waals surface area contributed by atoms with Crippen LogP contribution in [0.1, 0.15) is 670 Å². The SMILES string of the molecule is CCCCCCCCCCCCCCCCCCCCCCCCCCC(=O)[O-].CCCCCCCCCCCCCCCCCCCCCCCCCCC(=O)[O-].CCCCCCCCCCCCCCCCCCCCCCCCCCC(=O)[O-].CCCCCCCCCCCCCCCCCCCCCCCCCCC(=O)[O-].[Zr+4]. The zero-order valence-electron chi connectivity index (χ0n) is 80.5. The predicted octanol–water partition coefficient (Wildman–Crippen LogP) is 34.0. The van der Waals surface area contributed by atoms with Crippen LogP contribution >= 0.6 is 0 Å². The fourth-order valence-electron chi connectivity index (χ4n) is 16.9. The molecule has 0 aromatic rings. The van der Waals surface area contributed by atoms with Crippen LogP contribution in [-0.4, -0.2) is 23.9 Å². The molecule has 0 spiro atoms. The van der Waals surface area contributed by atoms with Crippen molar-refractivity contribution in [1.82, 2.24) is 0 Å². The maximum absolute atomic E-state index is 10.3. The summed E-state index contributed by atoms with van der Waals surface area (Å²) in [6.45, 7) is 9.17. The smallest absolute Gasteiger partial charge is 0.550 e. The van der Waals surface area contributed by atoms with E-state index in [1.54, 1.807) is 0 Å². The molecule has 0 heterocycles. The van der Waals surface area contributed by atoms with Gasteiger partial charge in [0.1, 0.15) is 0 Å². The monoisotopic (exact) mass is 1730 g/mol. The van der Waals surface area contributed by atoms with E-state index in [-0.39, 0.29) is 51.9 Å². The van der Waals surface area contributed by atoms with Gasteiger partial charge in [0.05, 0.1) is 0 Å². The zero-order valence-corrected chi connectivity index (χ0v) is 82.9. The Morgan fingerprint density at radius 3 is 0.214 bits per heavy atom. The van der Waals surface area contributed by atoms with Crippen molar-refractivity contribution in [3.05, 3.63) is 0 Å². The largest absolute Gasteiger partial charge is 4.00 e. The second-order valence-electron chi connectivity index (χ2n) is 37.0. The van der Waals surface area contributed by atoms with Gasteiger partial charge in [0, 0.05) is 23.9 Å². The van der Waals surface area contributed by atoms with Crippen molar-refractivity contribution in [3.8, 4) is 0 Å². The minimum atomic E-state index is -0.899. The molecule has 0 saturated heterocycles. The van der Waals surface area contributed by atoms with E-state index in [9.17, 15) is 39.6 Å². The van der Waals surface area contributed by atoms with Crippen LogP contribution in [0.3, 0.4) is 0 Å². The third-order valence-electron chi connectivity index (χ3n) is 24.9. The van der Waals surface area contributed by atoms with Crippen LogP contribution in [0.5, 0.6) is 0 Å². The van der Waals surface area contributed by atoms with Gasteiger partial charge in [0.25, 0.3) is 0 Å². The van der Waals surface area contributed by atoms with Crippen molar-refractivity contribution < 1.29 is 65.8 Å². The van der Waals surface area contributed by atoms with Gasteiger partial charge in [-0.15, -0.1) is 0 Å². The number of carbonyl (C=O) groups is 4. The minimum absolute atomic E-state index is 0. The number of hydrogen-bond donors (Lipinski definition) is 0. The summed E-state index contributed by atoms with van der Waals surface area (Å²) in [7, 11) is 0. The summed E-state index contributed by atoms with van der Waals surface area (Å²) < 4.78 is 0. The molecule has 9 heteroatoms. The fourth-order valence-corrected chi connectivity index (χ4v) is 16.9. The predicted molar refractivity (Wildman–Crippen MR) is 504 cm³/mol. The first-order valence-electron chi connectivity index (χ1n) is 53.9. The number of rotatable bonds is 100. The van der Waals surface area contributed by atoms with Crippen LogP contribution < -0.4 is 20.4 Å². The van der Waals surface area contributed by atoms with E-state index in [4.69, 9.17) is 0 Å². The van der Waals surface area contributed by atoms with E-state index in [1.165, 1.54) is 565 Å². The third kappa shape index (κ3) is 138. The molecule has 0 aliphatic rings. The van der Waals surface area contributed by atoms with Crippen LogP contribution in [0.15, 0.2) is 0 Å². The Labute approximate surface area is 754 Å². The number of hydrogen-bond acceptors (Lipinski definition) is 8. The van der Waals surface area contributed by atoms with Gasteiger partial charge in [0.15, 0.2) is 0 Å². The van der Waals surface area contributed by atoms with E-state index in [0.29, 0.717) is 0 Å². The molecule has 0 atom stereocenters. The number of aliphatic carboxylic acids is 4. The molecule has 0 rings (SSSR count). The van der Waals surface area contributed by atoms with Crippen LogP contribution in [0, 0.1) is 0 Å². The van der Waals surface area contributed by atoms with Crippen LogP contribution in [-0.2, 0) is 45.4 Å². The molecule has 0 radical (unpaired) electrons. The number of carbonyl (C=O) groups excluding carboxylic acids is 4. The first-order chi connectivity index (χ1) is 57.1. The van der Waals surface area contributed by atoms with Gasteiger partial charge in [-0.1, -0.05) is 618 Å². The second kappa shape index (κ2) is 121. The summed E-state index contributed by atoms with van der Waals surface area (Å²) in [6, 6.07) is 0. The fraction of sp³-hybridized carbons (Fsp3) is 0.963. The molecule has 0 saturated carbocycles. The Balaban J connectivity index is -0.000000475. The van der Waals surface area contributed by atoms with E-state index < -0.39 is 23.9 Å². The van der Waals surface area contributed by atoms with Crippen molar-refractivity contribution in [3.63, 3.8) is 0 Å². The first-order valence-corrected chi connectivity index (χ1v) is 53.9. The average Bonchev–Trinajstić information content (AvgIpc) is 2.88. The van der Waals surface area contributed by atoms with E-state index in [1.807, 2.05) is 0 Å². The first kappa shape index (κ1) is 124. The quantitative estimate of drug-likeness (QED) is 0.0544. The molecule has 117 heavy (non-hydrogen) atoms. The van der Waals surface area contributed by atoms with E-state index >= 15 is 0 Å². The molecular formula is C108H212O8Zr. The molecule has 0 aromatic heterocycles. The van der Waals surface area contributed by atoms with Gasteiger partial charge in [-0.2, -0.15) is 0 Å². The second-order valence-corrected chi connectivity index (χ2v) is 37.0. The van der Waals surface area contributed by atoms with Crippen molar-refractivity contribution in [2.24, 2.45) is 0 Å². The van der Waals surface area contributed by atoms with Gasteiger partial charge >= 0.3 is 26.2 Å². The van der Waals surface area contributed by atoms with Gasteiger partial charge < -0.3 is 39.6 Å². The molecular weight excluding hydrogens is 1520 g/mol. The van der Waals surface area contributed by atoms with Crippen molar-refractivity contribution in [2.75, 3.05) is 0 Å². The third-order valence-corrected chi connectivity index (χ3v) is 24.9. The zero-order chi connectivity index (χ0) is 85.0. The van der Waals surface area contributed by atoms with Crippen LogP contribution in [0.25, 0.3) is 0 Å². The molecule has 0 aliphatic carbocycles. The number of carboxylic acid groups (broad SMARTS) is 4. The molecule has 8 nitrogen and oxygen atoms in total. The molecule has 696 valence electrons. The maximum Gasteiger partial charge on any atom is 4.00 e. The molecule has 0 N–H and O–H groups in total. The summed E-state index contributed by atoms with van der Waals surface area (Å²) in [5.41, 5.74) is 0. The van der Waals surface area contributed by atoms with E-state index in [0.717, 1.165) is 51.4 Å². The number of unbranched alkanes of at least 4 members (excludes halogenated alkanes) is 92. The molecule has 0 unspecified atom stereocenters. The van der Waals surface area contributed by atoms with Gasteiger partial charge in [0.2, 0.25) is 0 Å². The van der Waals surface area contributed by atoms with Crippen LogP contribution in [0.2, 0.25) is 0 Å². The molecule has 0 aromatic carbocycles. The molecule has 0 bridgehead atoms. The molecule has 0 aliphatic heterocycles. The Morgan fingerprint density at radius 2 is 0.162 bits per heavy atom. The van der Waals surface area contributed by atoms with Crippen molar-refractivity contribution >= 4 is 23.9 Å². The van der Waals surface area contributed by atoms with E-state index in [2.05, 4.69) is 27.7 Å². The minimum Gasteiger partial charge on any atom is -0.550 e. The molecule has 0 amide bonds. The van der Waals surface area contributed by atoms with Crippen molar-refractivity contribution in [2.45, 2.75) is 670 Å². The summed E-state index contributed by atoms with van der Waals surface area (Å²) in [4.78, 5) is 41.2. The maximum atomic E-state index is 10.3. The average molecular weight is 1730 g/mol. The van der Waals surface area contributed by atoms with Crippen molar-refractivity contribution in [1.29, 1.82) is 0 Å². The van der Waals surface area contributed by atoms with Gasteiger partial charge in [-0.3, -0.25) is 0 Å². The Kier molecular flexibility index (Phi) is 129. The Bertz CT molecular complexity index is 1510. The normalized spacial score (nSPS) is 11.1. The Morgan fingerprint density at radius 1 is 0.111 bits per heavy atom. The summed E-state index contributed by atoms with van der Waals surface area (Å²) >= 11 is 0. The van der Waals surface area contributed by atoms with Gasteiger partial charge in [-0.05, 0) is 51.4 Å². The standard InChI is InChI=1S/4C27H54O2.Zr/c4*1-2-3-4-5-6-7-8-9-10-11-12-13-14-15-16-17-18-19-20-21-22-23-24-25-26-27(28)29;/h4*2-26H2,1H3,(H,28,29);/q;;;;+4/p-4.